The lowest BCUT2D eigenvalue weighted by Gasteiger charge is -2.23. The Balaban J connectivity index is 1.41. The number of carbonyl (C=O) groups excluding carboxylic acids is 1. The van der Waals surface area contributed by atoms with Gasteiger partial charge in [0.15, 0.2) is 0 Å². The van der Waals surface area contributed by atoms with Crippen LogP contribution in [-0.4, -0.2) is 45.1 Å². The van der Waals surface area contributed by atoms with Crippen molar-refractivity contribution in [1.82, 2.24) is 25.3 Å². The number of carbonyl (C=O) groups is 1. The Kier molecular flexibility index (Phi) is 5.99. The number of halogens is 1. The molecule has 1 amide bonds. The maximum Gasteiger partial charge on any atom is 0.253 e. The summed E-state index contributed by atoms with van der Waals surface area (Å²) in [5.41, 5.74) is 1.85. The molecule has 1 saturated heterocycles. The van der Waals surface area contributed by atoms with Gasteiger partial charge in [0.1, 0.15) is 23.8 Å². The zero-order chi connectivity index (χ0) is 20.9. The van der Waals surface area contributed by atoms with E-state index in [9.17, 15) is 9.18 Å². The molecule has 1 aromatic carbocycles. The van der Waals surface area contributed by atoms with Crippen LogP contribution in [0.25, 0.3) is 11.3 Å². The van der Waals surface area contributed by atoms with Crippen molar-refractivity contribution in [2.75, 3.05) is 13.2 Å². The Bertz CT molecular complexity index is 1020. The van der Waals surface area contributed by atoms with E-state index in [4.69, 9.17) is 9.47 Å². The number of benzene rings is 1. The Labute approximate surface area is 173 Å². The molecule has 3 aromatic rings. The molecule has 8 nitrogen and oxygen atoms in total. The maximum absolute atomic E-state index is 14.1. The Morgan fingerprint density at radius 3 is 2.80 bits per heavy atom. The average molecular weight is 411 g/mol. The summed E-state index contributed by atoms with van der Waals surface area (Å²) in [6.07, 6.45) is 3.09. The van der Waals surface area contributed by atoms with Crippen LogP contribution in [0, 0.1) is 5.82 Å². The van der Waals surface area contributed by atoms with Crippen molar-refractivity contribution < 1.29 is 18.7 Å². The maximum atomic E-state index is 14.1. The molecule has 0 radical (unpaired) electrons. The van der Waals surface area contributed by atoms with E-state index in [1.807, 2.05) is 0 Å². The van der Waals surface area contributed by atoms with Gasteiger partial charge in [-0.15, -0.1) is 5.10 Å². The van der Waals surface area contributed by atoms with Crippen molar-refractivity contribution in [3.05, 3.63) is 59.7 Å². The number of pyridine rings is 1. The first-order valence-corrected chi connectivity index (χ1v) is 9.72. The molecule has 30 heavy (non-hydrogen) atoms. The normalized spacial score (nSPS) is 14.5. The van der Waals surface area contributed by atoms with Gasteiger partial charge in [-0.1, -0.05) is 17.3 Å². The van der Waals surface area contributed by atoms with Gasteiger partial charge in [-0.3, -0.25) is 4.79 Å². The van der Waals surface area contributed by atoms with Crippen LogP contribution in [-0.2, 0) is 18.4 Å². The summed E-state index contributed by atoms with van der Waals surface area (Å²) in [5.74, 6) is -0.200. The van der Waals surface area contributed by atoms with Gasteiger partial charge in [0.2, 0.25) is 5.88 Å². The van der Waals surface area contributed by atoms with E-state index in [-0.39, 0.29) is 24.4 Å². The van der Waals surface area contributed by atoms with Crippen molar-refractivity contribution in [2.24, 2.45) is 7.05 Å². The van der Waals surface area contributed by atoms with Crippen LogP contribution in [0.15, 0.2) is 42.6 Å². The van der Waals surface area contributed by atoms with Crippen molar-refractivity contribution >= 4 is 5.91 Å². The summed E-state index contributed by atoms with van der Waals surface area (Å²) in [4.78, 5) is 16.6. The molecule has 1 N–H and O–H groups in total. The lowest BCUT2D eigenvalue weighted by Crippen LogP contribution is -2.38. The van der Waals surface area contributed by atoms with Gasteiger partial charge in [-0.2, -0.15) is 0 Å². The van der Waals surface area contributed by atoms with E-state index >= 15 is 0 Å². The molecule has 1 aliphatic rings. The summed E-state index contributed by atoms with van der Waals surface area (Å²) in [7, 11) is 1.72. The summed E-state index contributed by atoms with van der Waals surface area (Å²) >= 11 is 0. The zero-order valence-corrected chi connectivity index (χ0v) is 16.5. The molecule has 156 valence electrons. The van der Waals surface area contributed by atoms with Gasteiger partial charge >= 0.3 is 0 Å². The monoisotopic (exact) mass is 411 g/mol. The third-order valence-corrected chi connectivity index (χ3v) is 4.98. The minimum Gasteiger partial charge on any atom is -0.471 e. The van der Waals surface area contributed by atoms with Crippen LogP contribution in [0.3, 0.4) is 0 Å². The number of hydrogen-bond donors (Lipinski definition) is 1. The predicted molar refractivity (Wildman–Crippen MR) is 106 cm³/mol. The third-order valence-electron chi connectivity index (χ3n) is 4.98. The van der Waals surface area contributed by atoms with Crippen LogP contribution in [0.2, 0.25) is 0 Å². The SMILES string of the molecule is Cn1nnc(-c2ccccc2F)c1COc1ccc(C(=O)NC2CCOCC2)cn1. The molecule has 2 aromatic heterocycles. The molecule has 9 heteroatoms. The van der Waals surface area contributed by atoms with Crippen molar-refractivity contribution in [2.45, 2.75) is 25.5 Å². The van der Waals surface area contributed by atoms with Gasteiger partial charge in [0, 0.05) is 44.1 Å². The largest absolute Gasteiger partial charge is 0.471 e. The predicted octanol–water partition coefficient (Wildman–Crippen LogP) is 2.50. The standard InChI is InChI=1S/C21H22FN5O3/c1-27-18(20(25-26-27)16-4-2-3-5-17(16)22)13-30-19-7-6-14(12-23-19)21(28)24-15-8-10-29-11-9-15/h2-7,12,15H,8-11,13H2,1H3,(H,24,28). The number of aryl methyl sites for hydroxylation is 1. The average Bonchev–Trinajstić information content (AvgIpc) is 3.14. The van der Waals surface area contributed by atoms with Gasteiger partial charge in [0.25, 0.3) is 5.91 Å². The van der Waals surface area contributed by atoms with Crippen LogP contribution >= 0.6 is 0 Å². The van der Waals surface area contributed by atoms with Crippen LogP contribution < -0.4 is 10.1 Å². The van der Waals surface area contributed by atoms with Crippen molar-refractivity contribution in [3.8, 4) is 17.1 Å². The van der Waals surface area contributed by atoms with E-state index in [1.165, 1.54) is 16.9 Å². The Morgan fingerprint density at radius 2 is 2.07 bits per heavy atom. The molecule has 0 atom stereocenters. The molecule has 0 aliphatic carbocycles. The first-order chi connectivity index (χ1) is 14.6. The number of hydrogen-bond acceptors (Lipinski definition) is 6. The number of nitrogens with zero attached hydrogens (tertiary/aromatic N) is 4. The van der Waals surface area contributed by atoms with E-state index in [0.29, 0.717) is 41.6 Å². The van der Waals surface area contributed by atoms with Crippen LogP contribution in [0.1, 0.15) is 28.9 Å². The quantitative estimate of drug-likeness (QED) is 0.670. The highest BCUT2D eigenvalue weighted by Crippen LogP contribution is 2.24. The third kappa shape index (κ3) is 4.46. The molecule has 0 bridgehead atoms. The van der Waals surface area contributed by atoms with Gasteiger partial charge in [-0.05, 0) is 31.0 Å². The molecule has 1 fully saturated rings. The second kappa shape index (κ2) is 9.00. The van der Waals surface area contributed by atoms with E-state index in [0.717, 1.165) is 12.8 Å². The number of ether oxygens (including phenoxy) is 2. The van der Waals surface area contributed by atoms with Gasteiger partial charge in [0.05, 0.1) is 5.56 Å². The minimum atomic E-state index is -0.378. The fraction of sp³-hybridized carbons (Fsp3) is 0.333. The Morgan fingerprint density at radius 1 is 1.27 bits per heavy atom. The topological polar surface area (TPSA) is 91.2 Å². The van der Waals surface area contributed by atoms with Crippen LogP contribution in [0.4, 0.5) is 4.39 Å². The second-order valence-electron chi connectivity index (χ2n) is 7.02. The molecule has 1 aliphatic heterocycles. The first kappa shape index (κ1) is 20.0. The molecule has 3 heterocycles. The summed E-state index contributed by atoms with van der Waals surface area (Å²) in [5, 5.41) is 11.0. The van der Waals surface area contributed by atoms with E-state index < -0.39 is 0 Å². The number of nitrogens with one attached hydrogen (secondary N) is 1. The van der Waals surface area contributed by atoms with Crippen molar-refractivity contribution in [3.63, 3.8) is 0 Å². The molecular formula is C21H22FN5O3. The smallest absolute Gasteiger partial charge is 0.253 e. The number of aromatic nitrogens is 4. The van der Waals surface area contributed by atoms with E-state index in [2.05, 4.69) is 20.6 Å². The first-order valence-electron chi connectivity index (χ1n) is 9.72. The fourth-order valence-corrected chi connectivity index (χ4v) is 3.25. The highest BCUT2D eigenvalue weighted by atomic mass is 19.1. The lowest BCUT2D eigenvalue weighted by molar-refractivity contribution is 0.0696. The Hall–Kier alpha value is -3.33. The summed E-state index contributed by atoms with van der Waals surface area (Å²) < 4.78 is 26.7. The molecule has 0 saturated carbocycles. The second-order valence-corrected chi connectivity index (χ2v) is 7.02. The highest BCUT2D eigenvalue weighted by Gasteiger charge is 2.18. The number of amides is 1. The summed E-state index contributed by atoms with van der Waals surface area (Å²) in [6.45, 7) is 1.43. The van der Waals surface area contributed by atoms with Crippen molar-refractivity contribution in [1.29, 1.82) is 0 Å². The van der Waals surface area contributed by atoms with Crippen LogP contribution in [0.5, 0.6) is 5.88 Å². The number of rotatable bonds is 6. The highest BCUT2D eigenvalue weighted by molar-refractivity contribution is 5.94. The molecule has 0 unspecified atom stereocenters. The molecule has 0 spiro atoms. The molecular weight excluding hydrogens is 389 g/mol. The molecule has 4 rings (SSSR count). The van der Waals surface area contributed by atoms with Gasteiger partial charge in [-0.25, -0.2) is 14.1 Å². The van der Waals surface area contributed by atoms with E-state index in [1.54, 1.807) is 37.4 Å². The van der Waals surface area contributed by atoms with Gasteiger partial charge < -0.3 is 14.8 Å². The zero-order valence-electron chi connectivity index (χ0n) is 16.5. The summed E-state index contributed by atoms with van der Waals surface area (Å²) in [6, 6.07) is 9.80. The lowest BCUT2D eigenvalue weighted by atomic mass is 10.1. The fourth-order valence-electron chi connectivity index (χ4n) is 3.25. The minimum absolute atomic E-state index is 0.105.